The molecule has 8 heteroatoms. The third-order valence-electron chi connectivity index (χ3n) is 5.59. The van der Waals surface area contributed by atoms with Crippen molar-refractivity contribution in [1.29, 1.82) is 0 Å². The molecule has 1 unspecified atom stereocenters. The lowest BCUT2D eigenvalue weighted by Crippen LogP contribution is -2.49. The first-order valence-corrected chi connectivity index (χ1v) is 8.43. The van der Waals surface area contributed by atoms with E-state index in [1.165, 1.54) is 4.90 Å². The van der Waals surface area contributed by atoms with Gasteiger partial charge >= 0.3 is 12.0 Å². The minimum Gasteiger partial charge on any atom is -0.481 e. The van der Waals surface area contributed by atoms with Gasteiger partial charge in [-0.15, -0.1) is 0 Å². The first kappa shape index (κ1) is 16.7. The second-order valence-corrected chi connectivity index (χ2v) is 7.40. The summed E-state index contributed by atoms with van der Waals surface area (Å²) in [4.78, 5) is 51.0. The molecule has 1 saturated carbocycles. The summed E-state index contributed by atoms with van der Waals surface area (Å²) >= 11 is 0. The van der Waals surface area contributed by atoms with Gasteiger partial charge in [-0.25, -0.2) is 4.79 Å². The van der Waals surface area contributed by atoms with Gasteiger partial charge in [0.25, 0.3) is 5.91 Å². The van der Waals surface area contributed by atoms with Crippen molar-refractivity contribution < 1.29 is 24.3 Å². The van der Waals surface area contributed by atoms with Gasteiger partial charge in [0.15, 0.2) is 0 Å². The van der Waals surface area contributed by atoms with E-state index in [2.05, 4.69) is 5.32 Å². The zero-order valence-electron chi connectivity index (χ0n) is 13.8. The van der Waals surface area contributed by atoms with Crippen LogP contribution in [-0.2, 0) is 14.4 Å². The predicted octanol–water partition coefficient (Wildman–Crippen LogP) is 0.564. The van der Waals surface area contributed by atoms with E-state index in [1.807, 2.05) is 0 Å². The van der Waals surface area contributed by atoms with Gasteiger partial charge in [-0.1, -0.05) is 19.3 Å². The number of carbonyl (C=O) groups excluding carboxylic acids is 3. The van der Waals surface area contributed by atoms with Crippen LogP contribution in [0.3, 0.4) is 0 Å². The average molecular weight is 337 g/mol. The normalized spacial score (nSPS) is 29.2. The molecule has 4 amide bonds. The van der Waals surface area contributed by atoms with Crippen LogP contribution in [0.1, 0.15) is 45.4 Å². The van der Waals surface area contributed by atoms with Crippen molar-refractivity contribution >= 4 is 23.8 Å². The molecule has 24 heavy (non-hydrogen) atoms. The largest absolute Gasteiger partial charge is 0.481 e. The maximum atomic E-state index is 12.7. The lowest BCUT2D eigenvalue weighted by atomic mass is 9.82. The second-order valence-electron chi connectivity index (χ2n) is 7.40. The Labute approximate surface area is 140 Å². The number of hydrogen-bond donors (Lipinski definition) is 2. The van der Waals surface area contributed by atoms with Gasteiger partial charge in [-0.05, 0) is 26.2 Å². The van der Waals surface area contributed by atoms with Gasteiger partial charge < -0.3 is 15.3 Å². The van der Waals surface area contributed by atoms with Gasteiger partial charge in [-0.2, -0.15) is 0 Å². The standard InChI is InChI=1S/C16H23N3O5/c1-15(13(22)23)7-8-18(10-15)11(20)9-19-12(21)16(17-14(19)24)5-3-2-4-6-16/h2-10H2,1H3,(H,17,24)(H,22,23). The maximum Gasteiger partial charge on any atom is 0.325 e. The number of amides is 4. The molecule has 2 heterocycles. The number of hydrogen-bond acceptors (Lipinski definition) is 4. The highest BCUT2D eigenvalue weighted by molar-refractivity contribution is 6.09. The van der Waals surface area contributed by atoms with E-state index in [1.54, 1.807) is 6.92 Å². The number of nitrogens with one attached hydrogen (secondary N) is 1. The highest BCUT2D eigenvalue weighted by atomic mass is 16.4. The number of carbonyl (C=O) groups is 4. The van der Waals surface area contributed by atoms with Crippen LogP contribution in [0, 0.1) is 5.41 Å². The average Bonchev–Trinajstić information content (AvgIpc) is 3.04. The van der Waals surface area contributed by atoms with Gasteiger partial charge in [0.2, 0.25) is 5.91 Å². The number of imide groups is 1. The Kier molecular flexibility index (Phi) is 4.01. The van der Waals surface area contributed by atoms with Crippen molar-refractivity contribution in [2.45, 2.75) is 51.0 Å². The molecule has 2 saturated heterocycles. The fraction of sp³-hybridized carbons (Fsp3) is 0.750. The van der Waals surface area contributed by atoms with Gasteiger partial charge in [-0.3, -0.25) is 19.3 Å². The Morgan fingerprint density at radius 1 is 1.17 bits per heavy atom. The van der Waals surface area contributed by atoms with Crippen molar-refractivity contribution in [3.63, 3.8) is 0 Å². The number of urea groups is 1. The number of carboxylic acid groups (broad SMARTS) is 1. The van der Waals surface area contributed by atoms with Crippen LogP contribution < -0.4 is 5.32 Å². The molecule has 0 radical (unpaired) electrons. The molecular weight excluding hydrogens is 314 g/mol. The van der Waals surface area contributed by atoms with Crippen molar-refractivity contribution in [2.24, 2.45) is 5.41 Å². The van der Waals surface area contributed by atoms with Crippen LogP contribution >= 0.6 is 0 Å². The fourth-order valence-corrected chi connectivity index (χ4v) is 3.90. The number of likely N-dealkylation sites (tertiary alicyclic amines) is 1. The summed E-state index contributed by atoms with van der Waals surface area (Å²) in [6, 6.07) is -0.518. The topological polar surface area (TPSA) is 107 Å². The van der Waals surface area contributed by atoms with Crippen LogP contribution in [0.25, 0.3) is 0 Å². The molecule has 0 aromatic rings. The van der Waals surface area contributed by atoms with Crippen LogP contribution in [0.15, 0.2) is 0 Å². The van der Waals surface area contributed by atoms with E-state index in [0.717, 1.165) is 24.2 Å². The number of aliphatic carboxylic acids is 1. The van der Waals surface area contributed by atoms with Crippen LogP contribution in [-0.4, -0.2) is 63.9 Å². The van der Waals surface area contributed by atoms with Crippen LogP contribution in [0.5, 0.6) is 0 Å². The zero-order chi connectivity index (χ0) is 17.5. The van der Waals surface area contributed by atoms with Gasteiger partial charge in [0.05, 0.1) is 5.41 Å². The molecule has 132 valence electrons. The number of carboxylic acids is 1. The molecule has 8 nitrogen and oxygen atoms in total. The monoisotopic (exact) mass is 337 g/mol. The molecule has 0 bridgehead atoms. The number of nitrogens with zero attached hydrogens (tertiary/aromatic N) is 2. The minimum absolute atomic E-state index is 0.107. The summed E-state index contributed by atoms with van der Waals surface area (Å²) in [5, 5.41) is 12.0. The Morgan fingerprint density at radius 3 is 2.42 bits per heavy atom. The van der Waals surface area contributed by atoms with E-state index in [-0.39, 0.29) is 24.9 Å². The SMILES string of the molecule is CC1(C(=O)O)CCN(C(=O)CN2C(=O)NC3(CCCCC3)C2=O)C1. The predicted molar refractivity (Wildman–Crippen MR) is 83.0 cm³/mol. The highest BCUT2D eigenvalue weighted by Crippen LogP contribution is 2.34. The molecule has 2 aliphatic heterocycles. The summed E-state index contributed by atoms with van der Waals surface area (Å²) in [7, 11) is 0. The highest BCUT2D eigenvalue weighted by Gasteiger charge is 2.52. The lowest BCUT2D eigenvalue weighted by molar-refractivity contribution is -0.147. The molecule has 1 aliphatic carbocycles. The molecule has 2 N–H and O–H groups in total. The molecular formula is C16H23N3O5. The van der Waals surface area contributed by atoms with Crippen molar-refractivity contribution in [1.82, 2.24) is 15.1 Å². The van der Waals surface area contributed by atoms with Gasteiger partial charge in [0, 0.05) is 13.1 Å². The lowest BCUT2D eigenvalue weighted by Gasteiger charge is -2.30. The number of rotatable bonds is 3. The second kappa shape index (κ2) is 5.75. The van der Waals surface area contributed by atoms with Crippen molar-refractivity contribution in [3.05, 3.63) is 0 Å². The summed E-state index contributed by atoms with van der Waals surface area (Å²) < 4.78 is 0. The van der Waals surface area contributed by atoms with E-state index >= 15 is 0 Å². The van der Waals surface area contributed by atoms with E-state index in [9.17, 15) is 24.3 Å². The summed E-state index contributed by atoms with van der Waals surface area (Å²) in [5.41, 5.74) is -1.80. The first-order valence-electron chi connectivity index (χ1n) is 8.43. The van der Waals surface area contributed by atoms with Gasteiger partial charge in [0.1, 0.15) is 12.1 Å². The molecule has 1 spiro atoms. The quantitative estimate of drug-likeness (QED) is 0.732. The summed E-state index contributed by atoms with van der Waals surface area (Å²) in [5.74, 6) is -1.63. The minimum atomic E-state index is -0.961. The first-order chi connectivity index (χ1) is 11.3. The van der Waals surface area contributed by atoms with E-state index < -0.39 is 23.0 Å². The van der Waals surface area contributed by atoms with E-state index in [4.69, 9.17) is 0 Å². The Bertz CT molecular complexity index is 599. The maximum absolute atomic E-state index is 12.7. The van der Waals surface area contributed by atoms with Crippen molar-refractivity contribution in [2.75, 3.05) is 19.6 Å². The smallest absolute Gasteiger partial charge is 0.325 e. The molecule has 3 fully saturated rings. The van der Waals surface area contributed by atoms with Crippen molar-refractivity contribution in [3.8, 4) is 0 Å². The Balaban J connectivity index is 1.66. The van der Waals surface area contributed by atoms with Crippen LogP contribution in [0.2, 0.25) is 0 Å². The summed E-state index contributed by atoms with van der Waals surface area (Å²) in [6.45, 7) is 1.72. The molecule has 1 atom stereocenters. The van der Waals surface area contributed by atoms with Crippen LogP contribution in [0.4, 0.5) is 4.79 Å². The molecule has 0 aromatic heterocycles. The molecule has 3 aliphatic rings. The molecule has 3 rings (SSSR count). The Morgan fingerprint density at radius 2 is 1.83 bits per heavy atom. The fourth-order valence-electron chi connectivity index (χ4n) is 3.90. The molecule has 0 aromatic carbocycles. The Hall–Kier alpha value is -2.12. The third-order valence-corrected chi connectivity index (χ3v) is 5.59. The third kappa shape index (κ3) is 2.63. The summed E-state index contributed by atoms with van der Waals surface area (Å²) in [6.07, 6.45) is 4.42. The zero-order valence-corrected chi connectivity index (χ0v) is 13.8. The van der Waals surface area contributed by atoms with E-state index in [0.29, 0.717) is 25.8 Å².